The Morgan fingerprint density at radius 1 is 1.21 bits per heavy atom. The summed E-state index contributed by atoms with van der Waals surface area (Å²) >= 11 is 1.45. The van der Waals surface area contributed by atoms with E-state index < -0.39 is 6.10 Å². The molecule has 5 nitrogen and oxygen atoms in total. The average molecular weight is 346 g/mol. The number of carbonyl (C=O) groups is 2. The van der Waals surface area contributed by atoms with Crippen molar-refractivity contribution in [2.45, 2.75) is 31.9 Å². The Hall–Kier alpha value is -2.18. The number of thiophene rings is 1. The van der Waals surface area contributed by atoms with Gasteiger partial charge in [-0.3, -0.25) is 9.59 Å². The highest BCUT2D eigenvalue weighted by Gasteiger charge is 2.17. The fourth-order valence-electron chi connectivity index (χ4n) is 2.24. The molecule has 0 spiro atoms. The zero-order valence-electron chi connectivity index (χ0n) is 13.6. The summed E-state index contributed by atoms with van der Waals surface area (Å²) in [5.74, 6) is -0.374. The first-order valence-electron chi connectivity index (χ1n) is 7.88. The molecule has 3 N–H and O–H groups in total. The summed E-state index contributed by atoms with van der Waals surface area (Å²) in [4.78, 5) is 23.7. The van der Waals surface area contributed by atoms with Gasteiger partial charge in [-0.15, -0.1) is 0 Å². The Morgan fingerprint density at radius 3 is 2.62 bits per heavy atom. The molecule has 1 aromatic carbocycles. The molecular formula is C18H22N2O3S. The van der Waals surface area contributed by atoms with Crippen LogP contribution in [0.1, 0.15) is 29.3 Å². The van der Waals surface area contributed by atoms with Crippen LogP contribution >= 0.6 is 11.3 Å². The van der Waals surface area contributed by atoms with Crippen LogP contribution in [0.4, 0.5) is 0 Å². The summed E-state index contributed by atoms with van der Waals surface area (Å²) in [5.41, 5.74) is 1.63. The van der Waals surface area contributed by atoms with E-state index in [0.29, 0.717) is 12.0 Å². The monoisotopic (exact) mass is 346 g/mol. The number of aliphatic hydroxyl groups excluding tert-OH is 1. The molecule has 2 aromatic rings. The van der Waals surface area contributed by atoms with Crippen molar-refractivity contribution in [1.82, 2.24) is 10.6 Å². The normalized spacial score (nSPS) is 13.1. The Bertz CT molecular complexity index is 644. The van der Waals surface area contributed by atoms with Gasteiger partial charge in [-0.25, -0.2) is 0 Å². The van der Waals surface area contributed by atoms with E-state index in [1.54, 1.807) is 18.4 Å². The van der Waals surface area contributed by atoms with E-state index in [0.717, 1.165) is 5.56 Å². The van der Waals surface area contributed by atoms with Gasteiger partial charge in [0.1, 0.15) is 0 Å². The molecule has 1 heterocycles. The first kappa shape index (κ1) is 18.2. The molecule has 2 amide bonds. The molecule has 128 valence electrons. The van der Waals surface area contributed by atoms with Gasteiger partial charge in [-0.05, 0) is 23.9 Å². The lowest BCUT2D eigenvalue weighted by Crippen LogP contribution is -2.43. The van der Waals surface area contributed by atoms with Crippen LogP contribution in [0.15, 0.2) is 47.2 Å². The summed E-state index contributed by atoms with van der Waals surface area (Å²) in [6.45, 7) is 2.04. The molecule has 0 aliphatic heterocycles. The first-order valence-corrected chi connectivity index (χ1v) is 8.82. The van der Waals surface area contributed by atoms with Crippen molar-refractivity contribution in [3.05, 3.63) is 58.3 Å². The summed E-state index contributed by atoms with van der Waals surface area (Å²) in [5, 5.41) is 19.2. The Kier molecular flexibility index (Phi) is 6.96. The van der Waals surface area contributed by atoms with E-state index in [4.69, 9.17) is 0 Å². The number of carbonyl (C=O) groups excluding carboxylic acids is 2. The van der Waals surface area contributed by atoms with Crippen molar-refractivity contribution < 1.29 is 14.7 Å². The minimum absolute atomic E-state index is 0.179. The number of rotatable bonds is 8. The van der Waals surface area contributed by atoms with Crippen molar-refractivity contribution in [2.24, 2.45) is 0 Å². The molecule has 0 saturated carbocycles. The molecular weight excluding hydrogens is 324 g/mol. The van der Waals surface area contributed by atoms with Crippen LogP contribution in [0, 0.1) is 0 Å². The number of benzene rings is 1. The van der Waals surface area contributed by atoms with Crippen molar-refractivity contribution in [2.75, 3.05) is 6.54 Å². The molecule has 24 heavy (non-hydrogen) atoms. The van der Waals surface area contributed by atoms with E-state index in [1.807, 2.05) is 35.7 Å². The highest BCUT2D eigenvalue weighted by molar-refractivity contribution is 7.08. The van der Waals surface area contributed by atoms with Gasteiger partial charge in [0.05, 0.1) is 12.1 Å². The highest BCUT2D eigenvalue weighted by Crippen LogP contribution is 2.07. The second-order valence-electron chi connectivity index (χ2n) is 5.63. The predicted molar refractivity (Wildman–Crippen MR) is 95.0 cm³/mol. The van der Waals surface area contributed by atoms with E-state index >= 15 is 0 Å². The number of hydrogen-bond acceptors (Lipinski definition) is 4. The second-order valence-corrected chi connectivity index (χ2v) is 6.41. The zero-order valence-corrected chi connectivity index (χ0v) is 14.4. The van der Waals surface area contributed by atoms with Crippen molar-refractivity contribution in [1.29, 1.82) is 0 Å². The Morgan fingerprint density at radius 2 is 1.96 bits per heavy atom. The standard InChI is InChI=1S/C18H22N2O3S/c1-13(16(21)11-14-5-3-2-4-6-14)20-17(22)7-9-19-18(23)15-8-10-24-12-15/h2-6,8,10,12-13,16,21H,7,9,11H2,1H3,(H,19,23)(H,20,22). The van der Waals surface area contributed by atoms with Crippen molar-refractivity contribution in [3.63, 3.8) is 0 Å². The van der Waals surface area contributed by atoms with Crippen LogP contribution in [0.3, 0.4) is 0 Å². The molecule has 0 fully saturated rings. The summed E-state index contributed by atoms with van der Waals surface area (Å²) in [6.07, 6.45) is 0.00637. The maximum atomic E-state index is 11.9. The molecule has 0 aliphatic rings. The van der Waals surface area contributed by atoms with Gasteiger partial charge in [0.25, 0.3) is 5.91 Å². The van der Waals surface area contributed by atoms with E-state index in [-0.39, 0.29) is 30.8 Å². The summed E-state index contributed by atoms with van der Waals surface area (Å²) in [6, 6.07) is 11.0. The largest absolute Gasteiger partial charge is 0.391 e. The van der Waals surface area contributed by atoms with Crippen LogP contribution in [0.5, 0.6) is 0 Å². The third-order valence-electron chi connectivity index (χ3n) is 3.67. The lowest BCUT2D eigenvalue weighted by molar-refractivity contribution is -0.122. The quantitative estimate of drug-likeness (QED) is 0.684. The minimum Gasteiger partial charge on any atom is -0.391 e. The van der Waals surface area contributed by atoms with Gasteiger partial charge in [-0.1, -0.05) is 30.3 Å². The number of hydrogen-bond donors (Lipinski definition) is 3. The Balaban J connectivity index is 1.68. The van der Waals surface area contributed by atoms with Crippen LogP contribution < -0.4 is 10.6 Å². The fourth-order valence-corrected chi connectivity index (χ4v) is 2.88. The van der Waals surface area contributed by atoms with Gasteiger partial charge in [0.15, 0.2) is 0 Å². The number of aliphatic hydroxyl groups is 1. The maximum absolute atomic E-state index is 11.9. The molecule has 1 aromatic heterocycles. The van der Waals surface area contributed by atoms with E-state index in [9.17, 15) is 14.7 Å². The van der Waals surface area contributed by atoms with Gasteiger partial charge >= 0.3 is 0 Å². The summed E-state index contributed by atoms with van der Waals surface area (Å²) < 4.78 is 0. The third-order valence-corrected chi connectivity index (χ3v) is 4.36. The van der Waals surface area contributed by atoms with Crippen molar-refractivity contribution in [3.8, 4) is 0 Å². The van der Waals surface area contributed by atoms with Crippen LogP contribution in [0.2, 0.25) is 0 Å². The molecule has 2 unspecified atom stereocenters. The van der Waals surface area contributed by atoms with E-state index in [1.165, 1.54) is 11.3 Å². The molecule has 2 rings (SSSR count). The van der Waals surface area contributed by atoms with Crippen LogP contribution in [-0.2, 0) is 11.2 Å². The predicted octanol–water partition coefficient (Wildman–Crippen LogP) is 1.98. The first-order chi connectivity index (χ1) is 11.6. The lowest BCUT2D eigenvalue weighted by atomic mass is 10.0. The highest BCUT2D eigenvalue weighted by atomic mass is 32.1. The molecule has 6 heteroatoms. The average Bonchev–Trinajstić information content (AvgIpc) is 3.10. The molecule has 0 radical (unpaired) electrons. The van der Waals surface area contributed by atoms with E-state index in [2.05, 4.69) is 10.6 Å². The summed E-state index contributed by atoms with van der Waals surface area (Å²) in [7, 11) is 0. The number of amides is 2. The third kappa shape index (κ3) is 5.79. The maximum Gasteiger partial charge on any atom is 0.252 e. The van der Waals surface area contributed by atoms with Crippen LogP contribution in [0.25, 0.3) is 0 Å². The zero-order chi connectivity index (χ0) is 17.4. The van der Waals surface area contributed by atoms with Crippen LogP contribution in [-0.4, -0.2) is 35.6 Å². The van der Waals surface area contributed by atoms with Gasteiger partial charge in [0.2, 0.25) is 5.91 Å². The lowest BCUT2D eigenvalue weighted by Gasteiger charge is -2.20. The second kappa shape index (κ2) is 9.20. The smallest absolute Gasteiger partial charge is 0.252 e. The molecule has 0 saturated heterocycles. The molecule has 2 atom stereocenters. The fraction of sp³-hybridized carbons (Fsp3) is 0.333. The minimum atomic E-state index is -0.656. The van der Waals surface area contributed by atoms with Crippen molar-refractivity contribution >= 4 is 23.2 Å². The van der Waals surface area contributed by atoms with Gasteiger partial charge in [0, 0.05) is 30.3 Å². The topological polar surface area (TPSA) is 78.4 Å². The van der Waals surface area contributed by atoms with Gasteiger partial charge < -0.3 is 15.7 Å². The molecule has 0 aliphatic carbocycles. The SMILES string of the molecule is CC(NC(=O)CCNC(=O)c1ccsc1)C(O)Cc1ccccc1. The van der Waals surface area contributed by atoms with Gasteiger partial charge in [-0.2, -0.15) is 11.3 Å². The number of nitrogens with one attached hydrogen (secondary N) is 2. The Labute approximate surface area is 145 Å². The molecule has 0 bridgehead atoms.